The number of hydrogen-bond acceptors (Lipinski definition) is 6. The first-order valence-electron chi connectivity index (χ1n) is 13.9. The summed E-state index contributed by atoms with van der Waals surface area (Å²) in [7, 11) is 0. The van der Waals surface area contributed by atoms with Crippen LogP contribution in [0.25, 0.3) is 0 Å². The van der Waals surface area contributed by atoms with Crippen molar-refractivity contribution < 1.29 is 29.2 Å². The van der Waals surface area contributed by atoms with E-state index in [9.17, 15) is 15.0 Å². The Hall–Kier alpha value is -1.83. The van der Waals surface area contributed by atoms with E-state index in [-0.39, 0.29) is 48.6 Å². The minimum atomic E-state index is -0.805. The van der Waals surface area contributed by atoms with Crippen molar-refractivity contribution in [2.24, 2.45) is 11.8 Å². The predicted molar refractivity (Wildman–Crippen MR) is 144 cm³/mol. The monoisotopic (exact) mass is 512 g/mol. The zero-order valence-corrected chi connectivity index (χ0v) is 22.3. The van der Waals surface area contributed by atoms with Crippen LogP contribution in [0.15, 0.2) is 60.3 Å². The molecule has 9 atom stereocenters. The average Bonchev–Trinajstić information content (AvgIpc) is 3.61. The molecule has 0 aromatic carbocycles. The molecule has 6 heteroatoms. The molecule has 0 spiro atoms. The fourth-order valence-corrected chi connectivity index (χ4v) is 5.81. The molecule has 1 saturated heterocycles. The highest BCUT2D eigenvalue weighted by Crippen LogP contribution is 2.36. The zero-order valence-electron chi connectivity index (χ0n) is 22.3. The van der Waals surface area contributed by atoms with E-state index in [1.54, 1.807) is 12.2 Å². The first-order valence-corrected chi connectivity index (χ1v) is 13.9. The summed E-state index contributed by atoms with van der Waals surface area (Å²) in [5.41, 5.74) is 2.29. The second-order valence-electron chi connectivity index (χ2n) is 11.5. The molecular formula is C31H44O6. The van der Waals surface area contributed by atoms with Gasteiger partial charge in [-0.05, 0) is 69.8 Å². The molecule has 37 heavy (non-hydrogen) atoms. The first kappa shape index (κ1) is 28.2. The number of allylic oxidation sites excluding steroid dienone is 1. The maximum Gasteiger partial charge on any atom is 0.155 e. The van der Waals surface area contributed by atoms with E-state index in [0.717, 1.165) is 31.3 Å². The van der Waals surface area contributed by atoms with Gasteiger partial charge >= 0.3 is 0 Å². The Morgan fingerprint density at radius 3 is 2.76 bits per heavy atom. The Bertz CT molecular complexity index is 917. The van der Waals surface area contributed by atoms with Crippen LogP contribution >= 0.6 is 0 Å². The fourth-order valence-electron chi connectivity index (χ4n) is 5.81. The summed E-state index contributed by atoms with van der Waals surface area (Å²) in [5.74, 6) is 0.0676. The number of epoxide rings is 1. The number of carbonyl (C=O) groups is 1. The molecule has 2 bridgehead atoms. The van der Waals surface area contributed by atoms with Crippen molar-refractivity contribution in [1.82, 2.24) is 0 Å². The summed E-state index contributed by atoms with van der Waals surface area (Å²) in [6, 6.07) is 0. The Kier molecular flexibility index (Phi) is 10.1. The average molecular weight is 513 g/mol. The molecule has 0 aromatic heterocycles. The quantitative estimate of drug-likeness (QED) is 0.418. The Morgan fingerprint density at radius 1 is 1.11 bits per heavy atom. The van der Waals surface area contributed by atoms with Gasteiger partial charge in [0.05, 0.1) is 43.2 Å². The molecule has 0 unspecified atom stereocenters. The van der Waals surface area contributed by atoms with E-state index >= 15 is 0 Å². The van der Waals surface area contributed by atoms with Gasteiger partial charge in [-0.2, -0.15) is 0 Å². The maximum absolute atomic E-state index is 12.9. The SMILES string of the molecule is C=C1C[C@H](C)C[C@@H]2CC=C[C@@H](C/C=C\C(=O)C[C@H]([C@@H](O)/C=C/[C@@H]3CC(C)=CCO3)C[C@@H]3O[C@H]3[C@@H](O)C1)O2. The van der Waals surface area contributed by atoms with Crippen molar-refractivity contribution in [3.05, 3.63) is 60.3 Å². The number of hydrogen-bond donors (Lipinski definition) is 2. The Morgan fingerprint density at radius 2 is 1.95 bits per heavy atom. The third kappa shape index (κ3) is 8.86. The number of aliphatic hydroxyl groups excluding tert-OH is 2. The number of rotatable bonds is 3. The molecule has 0 radical (unpaired) electrons. The number of ether oxygens (including phenoxy) is 3. The molecule has 4 rings (SSSR count). The summed E-state index contributed by atoms with van der Waals surface area (Å²) >= 11 is 0. The van der Waals surface area contributed by atoms with E-state index in [0.29, 0.717) is 31.8 Å². The van der Waals surface area contributed by atoms with Crippen LogP contribution in [0.4, 0.5) is 0 Å². The van der Waals surface area contributed by atoms with Crippen LogP contribution in [0.5, 0.6) is 0 Å². The fraction of sp³-hybridized carbons (Fsp3) is 0.645. The summed E-state index contributed by atoms with van der Waals surface area (Å²) in [4.78, 5) is 12.9. The highest BCUT2D eigenvalue weighted by atomic mass is 16.6. The van der Waals surface area contributed by atoms with Crippen molar-refractivity contribution in [1.29, 1.82) is 0 Å². The zero-order chi connectivity index (χ0) is 26.4. The summed E-state index contributed by atoms with van der Waals surface area (Å²) < 4.78 is 17.8. The van der Waals surface area contributed by atoms with Crippen molar-refractivity contribution in [2.45, 2.75) is 108 Å². The lowest BCUT2D eigenvalue weighted by atomic mass is 9.88. The standard InChI is InChI=1S/C31H44O6/c1-20-12-13-35-26(15-20)10-11-28(33)23-18-24(32)6-4-7-25-8-5-9-27(36-25)16-21(2)14-22(3)17-29(34)31-30(19-23)37-31/h4-6,8,10-12,21,23,25-31,33-34H,3,7,9,13-19H2,1-2H3/b6-4-,11-10+/t21-,23-,25+,26+,27-,28-,29-,30-,31-/m0/s1. The smallest absolute Gasteiger partial charge is 0.155 e. The lowest BCUT2D eigenvalue weighted by Crippen LogP contribution is -2.27. The van der Waals surface area contributed by atoms with Crippen LogP contribution in [-0.4, -0.2) is 65.3 Å². The van der Waals surface area contributed by atoms with Crippen LogP contribution in [-0.2, 0) is 19.0 Å². The van der Waals surface area contributed by atoms with Gasteiger partial charge in [-0.25, -0.2) is 0 Å². The maximum atomic E-state index is 12.9. The van der Waals surface area contributed by atoms with E-state index in [1.165, 1.54) is 5.57 Å². The van der Waals surface area contributed by atoms with Gasteiger partial charge in [0.25, 0.3) is 0 Å². The van der Waals surface area contributed by atoms with Gasteiger partial charge in [0.15, 0.2) is 5.78 Å². The molecule has 0 aromatic rings. The van der Waals surface area contributed by atoms with Crippen LogP contribution < -0.4 is 0 Å². The molecule has 0 amide bonds. The van der Waals surface area contributed by atoms with Crippen molar-refractivity contribution in [3.8, 4) is 0 Å². The van der Waals surface area contributed by atoms with Gasteiger partial charge in [-0.3, -0.25) is 4.79 Å². The molecule has 1 fully saturated rings. The van der Waals surface area contributed by atoms with Crippen molar-refractivity contribution in [2.75, 3.05) is 6.61 Å². The van der Waals surface area contributed by atoms with Crippen LogP contribution in [0.1, 0.15) is 65.2 Å². The molecule has 4 aliphatic heterocycles. The van der Waals surface area contributed by atoms with E-state index in [1.807, 2.05) is 12.2 Å². The molecule has 4 heterocycles. The van der Waals surface area contributed by atoms with E-state index in [4.69, 9.17) is 14.2 Å². The predicted octanol–water partition coefficient (Wildman–Crippen LogP) is 4.77. The van der Waals surface area contributed by atoms with Gasteiger partial charge in [-0.15, -0.1) is 0 Å². The van der Waals surface area contributed by atoms with Gasteiger partial charge in [-0.1, -0.05) is 61.1 Å². The third-order valence-corrected chi connectivity index (χ3v) is 7.86. The Labute approximate surface area is 221 Å². The Balaban J connectivity index is 1.44. The highest BCUT2D eigenvalue weighted by molar-refractivity contribution is 5.89. The van der Waals surface area contributed by atoms with Crippen LogP contribution in [0.3, 0.4) is 0 Å². The van der Waals surface area contributed by atoms with Gasteiger partial charge in [0, 0.05) is 6.42 Å². The molecule has 2 N–H and O–H groups in total. The van der Waals surface area contributed by atoms with Crippen LogP contribution in [0.2, 0.25) is 0 Å². The van der Waals surface area contributed by atoms with Crippen molar-refractivity contribution >= 4 is 5.78 Å². The second-order valence-corrected chi connectivity index (χ2v) is 11.5. The lowest BCUT2D eigenvalue weighted by molar-refractivity contribution is -0.116. The van der Waals surface area contributed by atoms with Crippen LogP contribution in [0, 0.1) is 11.8 Å². The summed E-state index contributed by atoms with van der Waals surface area (Å²) in [6.07, 6.45) is 17.0. The van der Waals surface area contributed by atoms with Gasteiger partial charge in [0.1, 0.15) is 6.10 Å². The number of ketones is 1. The third-order valence-electron chi connectivity index (χ3n) is 7.86. The normalized spacial score (nSPS) is 39.8. The van der Waals surface area contributed by atoms with Gasteiger partial charge in [0.2, 0.25) is 0 Å². The molecule has 0 aliphatic carbocycles. The molecule has 0 saturated carbocycles. The van der Waals surface area contributed by atoms with Gasteiger partial charge < -0.3 is 24.4 Å². The highest BCUT2D eigenvalue weighted by Gasteiger charge is 2.46. The summed E-state index contributed by atoms with van der Waals surface area (Å²) in [6.45, 7) is 9.07. The minimum Gasteiger partial charge on any atom is -0.390 e. The lowest BCUT2D eigenvalue weighted by Gasteiger charge is -2.28. The second kappa shape index (κ2) is 13.3. The van der Waals surface area contributed by atoms with E-state index < -0.39 is 12.2 Å². The number of fused-ring (bicyclic) bond motifs is 3. The number of carbonyl (C=O) groups excluding carboxylic acids is 1. The topological polar surface area (TPSA) is 88.5 Å². The molecule has 4 aliphatic rings. The minimum absolute atomic E-state index is 0.0256. The molecular weight excluding hydrogens is 468 g/mol. The first-order chi connectivity index (χ1) is 17.8. The van der Waals surface area contributed by atoms with E-state index in [2.05, 4.69) is 38.7 Å². The molecule has 204 valence electrons. The molecule has 6 nitrogen and oxygen atoms in total. The largest absolute Gasteiger partial charge is 0.390 e. The van der Waals surface area contributed by atoms with Crippen molar-refractivity contribution in [3.63, 3.8) is 0 Å². The number of aliphatic hydroxyl groups is 2. The summed E-state index contributed by atoms with van der Waals surface area (Å²) in [5, 5.41) is 21.8.